The minimum absolute atomic E-state index is 0.360. The average molecular weight is 289 g/mol. The van der Waals surface area contributed by atoms with Crippen LogP contribution in [0, 0.1) is 32.6 Å². The van der Waals surface area contributed by atoms with Crippen molar-refractivity contribution < 1.29 is 5.11 Å². The molecule has 1 N–H and O–H groups in total. The van der Waals surface area contributed by atoms with Gasteiger partial charge in [0.2, 0.25) is 0 Å². The van der Waals surface area contributed by atoms with Crippen LogP contribution in [0.5, 0.6) is 0 Å². The third-order valence-corrected chi connectivity index (χ3v) is 5.08. The van der Waals surface area contributed by atoms with Gasteiger partial charge in [0.15, 0.2) is 0 Å². The molecule has 0 bridgehead atoms. The van der Waals surface area contributed by atoms with Crippen LogP contribution in [0.2, 0.25) is 0 Å². The van der Waals surface area contributed by atoms with Crippen molar-refractivity contribution in [3.63, 3.8) is 0 Å². The van der Waals surface area contributed by atoms with Crippen molar-refractivity contribution in [2.45, 2.75) is 53.6 Å². The summed E-state index contributed by atoms with van der Waals surface area (Å²) in [5, 5.41) is 10.7. The predicted molar refractivity (Wildman–Crippen MR) is 89.6 cm³/mol. The Morgan fingerprint density at radius 1 is 1.10 bits per heavy atom. The Kier molecular flexibility index (Phi) is 5.45. The Balaban J connectivity index is 1.98. The highest BCUT2D eigenvalue weighted by Gasteiger charge is 2.24. The highest BCUT2D eigenvalue weighted by molar-refractivity contribution is 5.39. The molecular weight excluding hydrogens is 258 g/mol. The van der Waals surface area contributed by atoms with Gasteiger partial charge in [-0.15, -0.1) is 0 Å². The third-order valence-electron chi connectivity index (χ3n) is 5.08. The van der Waals surface area contributed by atoms with E-state index in [-0.39, 0.29) is 6.10 Å². The number of aliphatic hydroxyl groups excluding tert-OH is 1. The van der Waals surface area contributed by atoms with Gasteiger partial charge >= 0.3 is 0 Å². The van der Waals surface area contributed by atoms with Gasteiger partial charge < -0.3 is 10.0 Å². The Labute approximate surface area is 130 Å². The molecule has 1 atom stereocenters. The Hall–Kier alpha value is -0.860. The molecule has 1 aromatic rings. The van der Waals surface area contributed by atoms with E-state index in [9.17, 15) is 5.11 Å². The maximum atomic E-state index is 10.7. The highest BCUT2D eigenvalue weighted by atomic mass is 16.3. The Morgan fingerprint density at radius 2 is 1.62 bits per heavy atom. The smallest absolute Gasteiger partial charge is 0.0922 e. The molecule has 1 unspecified atom stereocenters. The second-order valence-corrected chi connectivity index (χ2v) is 7.21. The molecule has 2 nitrogen and oxygen atoms in total. The second-order valence-electron chi connectivity index (χ2n) is 7.21. The number of aryl methyl sites for hydroxylation is 3. The molecule has 0 radical (unpaired) electrons. The van der Waals surface area contributed by atoms with Gasteiger partial charge in [-0.25, -0.2) is 0 Å². The van der Waals surface area contributed by atoms with E-state index in [0.717, 1.165) is 37.0 Å². The quantitative estimate of drug-likeness (QED) is 0.905. The van der Waals surface area contributed by atoms with E-state index in [1.807, 2.05) is 0 Å². The lowest BCUT2D eigenvalue weighted by molar-refractivity contribution is 0.0812. The van der Waals surface area contributed by atoms with Gasteiger partial charge in [-0.2, -0.15) is 0 Å². The van der Waals surface area contributed by atoms with Gasteiger partial charge in [-0.3, -0.25) is 0 Å². The van der Waals surface area contributed by atoms with Gasteiger partial charge in [0.1, 0.15) is 0 Å². The minimum atomic E-state index is -0.360. The summed E-state index contributed by atoms with van der Waals surface area (Å²) in [4.78, 5) is 2.43. The zero-order valence-electron chi connectivity index (χ0n) is 14.3. The van der Waals surface area contributed by atoms with Crippen LogP contribution in [0.4, 0.5) is 0 Å². The van der Waals surface area contributed by atoms with E-state index in [4.69, 9.17) is 0 Å². The topological polar surface area (TPSA) is 23.5 Å². The van der Waals surface area contributed by atoms with E-state index in [2.05, 4.69) is 51.7 Å². The molecule has 1 saturated heterocycles. The normalized spacial score (nSPS) is 19.2. The number of nitrogens with zero attached hydrogens (tertiary/aromatic N) is 1. The van der Waals surface area contributed by atoms with Gasteiger partial charge in [0.05, 0.1) is 6.10 Å². The second kappa shape index (κ2) is 6.93. The van der Waals surface area contributed by atoms with Crippen LogP contribution < -0.4 is 0 Å². The summed E-state index contributed by atoms with van der Waals surface area (Å²) in [6.45, 7) is 14.0. The number of β-amino-alcohol motifs (C(OH)–C–C–N with tert-alkyl or cyclic N) is 1. The maximum absolute atomic E-state index is 10.7. The molecule has 2 rings (SSSR count). The van der Waals surface area contributed by atoms with Crippen molar-refractivity contribution in [2.75, 3.05) is 19.6 Å². The minimum Gasteiger partial charge on any atom is -0.387 e. The van der Waals surface area contributed by atoms with Crippen molar-refractivity contribution in [1.29, 1.82) is 0 Å². The number of benzene rings is 1. The number of hydrogen-bond acceptors (Lipinski definition) is 2. The number of likely N-dealkylation sites (tertiary alicyclic amines) is 1. The standard InChI is InChI=1S/C19H31NO/c1-13(2)17-6-8-20(9-7-17)12-18(21)19-15(4)10-14(3)11-16(19)5/h10-11,13,17-18,21H,6-9,12H2,1-5H3. The van der Waals surface area contributed by atoms with Crippen LogP contribution in [0.25, 0.3) is 0 Å². The molecule has 2 heteroatoms. The third kappa shape index (κ3) is 4.08. The van der Waals surface area contributed by atoms with Crippen LogP contribution in [-0.2, 0) is 0 Å². The van der Waals surface area contributed by atoms with Crippen molar-refractivity contribution in [1.82, 2.24) is 4.90 Å². The average Bonchev–Trinajstić information content (AvgIpc) is 2.37. The first kappa shape index (κ1) is 16.5. The monoisotopic (exact) mass is 289 g/mol. The summed E-state index contributed by atoms with van der Waals surface area (Å²) in [5.41, 5.74) is 4.85. The molecule has 1 fully saturated rings. The maximum Gasteiger partial charge on any atom is 0.0922 e. The van der Waals surface area contributed by atoms with E-state index in [0.29, 0.717) is 0 Å². The summed E-state index contributed by atoms with van der Waals surface area (Å²) in [6, 6.07) is 4.35. The molecule has 1 heterocycles. The van der Waals surface area contributed by atoms with Crippen LogP contribution in [0.3, 0.4) is 0 Å². The zero-order valence-corrected chi connectivity index (χ0v) is 14.3. The lowest BCUT2D eigenvalue weighted by Crippen LogP contribution is -2.38. The molecule has 1 aromatic carbocycles. The molecule has 0 aromatic heterocycles. The molecular formula is C19H31NO. The number of aliphatic hydroxyl groups is 1. The van der Waals surface area contributed by atoms with Crippen LogP contribution >= 0.6 is 0 Å². The molecule has 1 aliphatic rings. The number of hydrogen-bond donors (Lipinski definition) is 1. The van der Waals surface area contributed by atoms with E-state index < -0.39 is 0 Å². The van der Waals surface area contributed by atoms with E-state index >= 15 is 0 Å². The van der Waals surface area contributed by atoms with Crippen LogP contribution in [0.1, 0.15) is 55.0 Å². The van der Waals surface area contributed by atoms with Gasteiger partial charge in [0, 0.05) is 6.54 Å². The van der Waals surface area contributed by atoms with Gasteiger partial charge in [0.25, 0.3) is 0 Å². The summed E-state index contributed by atoms with van der Waals surface area (Å²) in [6.07, 6.45) is 2.19. The highest BCUT2D eigenvalue weighted by Crippen LogP contribution is 2.28. The SMILES string of the molecule is Cc1cc(C)c(C(O)CN2CCC(C(C)C)CC2)c(C)c1. The Bertz CT molecular complexity index is 449. The summed E-state index contributed by atoms with van der Waals surface area (Å²) in [5.74, 6) is 1.65. The summed E-state index contributed by atoms with van der Waals surface area (Å²) >= 11 is 0. The predicted octanol–water partition coefficient (Wildman–Crippen LogP) is 4.01. The molecule has 1 aliphatic heterocycles. The first-order valence-corrected chi connectivity index (χ1v) is 8.36. The lowest BCUT2D eigenvalue weighted by atomic mass is 9.86. The van der Waals surface area contributed by atoms with Crippen molar-refractivity contribution in [3.05, 3.63) is 34.4 Å². The lowest BCUT2D eigenvalue weighted by Gasteiger charge is -2.35. The molecule has 0 aliphatic carbocycles. The molecule has 0 amide bonds. The van der Waals surface area contributed by atoms with Gasteiger partial charge in [-0.05, 0) is 75.2 Å². The fourth-order valence-corrected chi connectivity index (χ4v) is 3.85. The van der Waals surface area contributed by atoms with E-state index in [1.165, 1.54) is 29.5 Å². The van der Waals surface area contributed by atoms with Crippen LogP contribution in [-0.4, -0.2) is 29.6 Å². The number of piperidine rings is 1. The first-order valence-electron chi connectivity index (χ1n) is 8.36. The molecule has 0 spiro atoms. The Morgan fingerprint density at radius 3 is 2.10 bits per heavy atom. The fraction of sp³-hybridized carbons (Fsp3) is 0.684. The van der Waals surface area contributed by atoms with E-state index in [1.54, 1.807) is 0 Å². The molecule has 118 valence electrons. The summed E-state index contributed by atoms with van der Waals surface area (Å²) < 4.78 is 0. The largest absolute Gasteiger partial charge is 0.387 e. The van der Waals surface area contributed by atoms with Crippen LogP contribution in [0.15, 0.2) is 12.1 Å². The molecule has 21 heavy (non-hydrogen) atoms. The summed E-state index contributed by atoms with van der Waals surface area (Å²) in [7, 11) is 0. The first-order chi connectivity index (χ1) is 9.88. The van der Waals surface area contributed by atoms with Crippen molar-refractivity contribution in [2.24, 2.45) is 11.8 Å². The molecule has 0 saturated carbocycles. The van der Waals surface area contributed by atoms with Crippen molar-refractivity contribution in [3.8, 4) is 0 Å². The number of rotatable bonds is 4. The van der Waals surface area contributed by atoms with Gasteiger partial charge in [-0.1, -0.05) is 31.5 Å². The zero-order chi connectivity index (χ0) is 15.6. The van der Waals surface area contributed by atoms with Crippen molar-refractivity contribution >= 4 is 0 Å². The fourth-order valence-electron chi connectivity index (χ4n) is 3.85.